The zero-order valence-corrected chi connectivity index (χ0v) is 11.6. The van der Waals surface area contributed by atoms with Crippen molar-refractivity contribution in [1.82, 2.24) is 9.78 Å². The Hall–Kier alpha value is -2.40. The van der Waals surface area contributed by atoms with E-state index in [0.717, 1.165) is 10.6 Å². The molecule has 0 spiro atoms. The normalized spacial score (nSPS) is 10.4. The number of nitrogens with zero attached hydrogens (tertiary/aromatic N) is 2. The van der Waals surface area contributed by atoms with Crippen molar-refractivity contribution < 1.29 is 9.53 Å². The van der Waals surface area contributed by atoms with Crippen LogP contribution in [-0.2, 0) is 4.74 Å². The van der Waals surface area contributed by atoms with Crippen LogP contribution in [0, 0.1) is 0 Å². The van der Waals surface area contributed by atoms with E-state index in [0.29, 0.717) is 11.3 Å². The Kier molecular flexibility index (Phi) is 3.35. The summed E-state index contributed by atoms with van der Waals surface area (Å²) in [6.07, 6.45) is 1.70. The standard InChI is InChI=1S/C15H12N2O2S/c1-19-15(18)12-10-17(11-6-3-2-4-7-11)16-14(12)13-8-5-9-20-13/h2-10H,1H3. The molecular weight excluding hydrogens is 272 g/mol. The molecule has 0 radical (unpaired) electrons. The van der Waals surface area contributed by atoms with Crippen LogP contribution in [0.3, 0.4) is 0 Å². The number of hydrogen-bond acceptors (Lipinski definition) is 4. The summed E-state index contributed by atoms with van der Waals surface area (Å²) in [5, 5.41) is 6.47. The quantitative estimate of drug-likeness (QED) is 0.692. The molecule has 0 aliphatic carbocycles. The predicted molar refractivity (Wildman–Crippen MR) is 78.2 cm³/mol. The third-order valence-corrected chi connectivity index (χ3v) is 3.77. The summed E-state index contributed by atoms with van der Waals surface area (Å²) in [7, 11) is 1.38. The number of carbonyl (C=O) groups is 1. The second-order valence-corrected chi connectivity index (χ2v) is 5.09. The number of hydrogen-bond donors (Lipinski definition) is 0. The summed E-state index contributed by atoms with van der Waals surface area (Å²) in [5.41, 5.74) is 2.02. The van der Waals surface area contributed by atoms with E-state index in [1.54, 1.807) is 22.2 Å². The van der Waals surface area contributed by atoms with Gasteiger partial charge < -0.3 is 4.74 Å². The average molecular weight is 284 g/mol. The van der Waals surface area contributed by atoms with E-state index in [-0.39, 0.29) is 5.97 Å². The van der Waals surface area contributed by atoms with Crippen LogP contribution in [0.2, 0.25) is 0 Å². The molecule has 20 heavy (non-hydrogen) atoms. The minimum absolute atomic E-state index is 0.379. The van der Waals surface area contributed by atoms with Gasteiger partial charge in [-0.1, -0.05) is 24.3 Å². The Labute approximate surface area is 120 Å². The number of carbonyl (C=O) groups excluding carboxylic acids is 1. The van der Waals surface area contributed by atoms with Crippen molar-refractivity contribution in [3.8, 4) is 16.3 Å². The minimum Gasteiger partial charge on any atom is -0.465 e. The number of rotatable bonds is 3. The van der Waals surface area contributed by atoms with E-state index < -0.39 is 0 Å². The van der Waals surface area contributed by atoms with Gasteiger partial charge in [-0.3, -0.25) is 0 Å². The smallest absolute Gasteiger partial charge is 0.341 e. The van der Waals surface area contributed by atoms with E-state index >= 15 is 0 Å². The summed E-state index contributed by atoms with van der Waals surface area (Å²) in [5.74, 6) is -0.379. The van der Waals surface area contributed by atoms with Crippen molar-refractivity contribution >= 4 is 17.3 Å². The van der Waals surface area contributed by atoms with Gasteiger partial charge in [0.2, 0.25) is 0 Å². The number of thiophene rings is 1. The highest BCUT2D eigenvalue weighted by Crippen LogP contribution is 2.28. The largest absolute Gasteiger partial charge is 0.465 e. The molecule has 1 aromatic carbocycles. The maximum Gasteiger partial charge on any atom is 0.341 e. The number of aromatic nitrogens is 2. The Morgan fingerprint density at radius 1 is 1.20 bits per heavy atom. The van der Waals surface area contributed by atoms with Gasteiger partial charge in [0.1, 0.15) is 11.3 Å². The third-order valence-electron chi connectivity index (χ3n) is 2.89. The van der Waals surface area contributed by atoms with Gasteiger partial charge in [-0.05, 0) is 23.6 Å². The first-order valence-corrected chi connectivity index (χ1v) is 6.95. The molecular formula is C15H12N2O2S. The molecule has 0 amide bonds. The van der Waals surface area contributed by atoms with Crippen molar-refractivity contribution in [2.75, 3.05) is 7.11 Å². The fraction of sp³-hybridized carbons (Fsp3) is 0.0667. The van der Waals surface area contributed by atoms with Gasteiger partial charge in [-0.25, -0.2) is 9.48 Å². The van der Waals surface area contributed by atoms with Gasteiger partial charge in [0, 0.05) is 6.20 Å². The SMILES string of the molecule is COC(=O)c1cn(-c2ccccc2)nc1-c1cccs1. The molecule has 5 heteroatoms. The molecule has 0 atom stereocenters. The van der Waals surface area contributed by atoms with Gasteiger partial charge in [-0.2, -0.15) is 5.10 Å². The van der Waals surface area contributed by atoms with E-state index in [2.05, 4.69) is 5.10 Å². The van der Waals surface area contributed by atoms with Crippen LogP contribution >= 0.6 is 11.3 Å². The fourth-order valence-corrected chi connectivity index (χ4v) is 2.66. The molecule has 4 nitrogen and oxygen atoms in total. The van der Waals surface area contributed by atoms with Crippen molar-refractivity contribution in [1.29, 1.82) is 0 Å². The maximum atomic E-state index is 11.9. The Morgan fingerprint density at radius 2 is 2.00 bits per heavy atom. The minimum atomic E-state index is -0.379. The fourth-order valence-electron chi connectivity index (χ4n) is 1.94. The van der Waals surface area contributed by atoms with E-state index in [1.165, 1.54) is 7.11 Å². The summed E-state index contributed by atoms with van der Waals surface area (Å²) in [6.45, 7) is 0. The molecule has 0 fully saturated rings. The zero-order valence-electron chi connectivity index (χ0n) is 10.8. The van der Waals surface area contributed by atoms with Crippen LogP contribution < -0.4 is 0 Å². The predicted octanol–water partition coefficient (Wildman–Crippen LogP) is 3.39. The zero-order chi connectivity index (χ0) is 13.9. The van der Waals surface area contributed by atoms with Crippen LogP contribution in [0.1, 0.15) is 10.4 Å². The van der Waals surface area contributed by atoms with E-state index in [1.807, 2.05) is 47.8 Å². The van der Waals surface area contributed by atoms with E-state index in [4.69, 9.17) is 4.74 Å². The summed E-state index contributed by atoms with van der Waals surface area (Å²) in [4.78, 5) is 12.8. The molecule has 100 valence electrons. The van der Waals surface area contributed by atoms with Crippen LogP contribution in [0.5, 0.6) is 0 Å². The molecule has 3 rings (SSSR count). The molecule has 0 aliphatic heterocycles. The highest BCUT2D eigenvalue weighted by molar-refractivity contribution is 7.13. The van der Waals surface area contributed by atoms with Crippen molar-refractivity contribution in [3.05, 3.63) is 59.6 Å². The average Bonchev–Trinajstić information content (AvgIpc) is 3.16. The molecule has 2 heterocycles. The second kappa shape index (κ2) is 5.30. The van der Waals surface area contributed by atoms with Crippen LogP contribution in [0.25, 0.3) is 16.3 Å². The molecule has 0 saturated heterocycles. The molecule has 3 aromatic rings. The molecule has 0 unspecified atom stereocenters. The molecule has 0 aliphatic rings. The Bertz CT molecular complexity index is 718. The number of benzene rings is 1. The molecule has 2 aromatic heterocycles. The van der Waals surface area contributed by atoms with Crippen molar-refractivity contribution in [2.45, 2.75) is 0 Å². The lowest BCUT2D eigenvalue weighted by atomic mass is 10.2. The Balaban J connectivity index is 2.14. The van der Waals surface area contributed by atoms with Gasteiger partial charge in [0.25, 0.3) is 0 Å². The lowest BCUT2D eigenvalue weighted by Crippen LogP contribution is -2.01. The van der Waals surface area contributed by atoms with Crippen molar-refractivity contribution in [2.24, 2.45) is 0 Å². The highest BCUT2D eigenvalue weighted by atomic mass is 32.1. The molecule has 0 N–H and O–H groups in total. The summed E-state index contributed by atoms with van der Waals surface area (Å²) < 4.78 is 6.53. The van der Waals surface area contributed by atoms with Crippen LogP contribution in [0.15, 0.2) is 54.0 Å². The number of ether oxygens (including phenoxy) is 1. The van der Waals surface area contributed by atoms with Crippen molar-refractivity contribution in [3.63, 3.8) is 0 Å². The number of esters is 1. The van der Waals surface area contributed by atoms with Gasteiger partial charge >= 0.3 is 5.97 Å². The summed E-state index contributed by atoms with van der Waals surface area (Å²) >= 11 is 1.54. The number of para-hydroxylation sites is 1. The first-order chi connectivity index (χ1) is 9.79. The van der Waals surface area contributed by atoms with E-state index in [9.17, 15) is 4.79 Å². The molecule has 0 saturated carbocycles. The van der Waals surface area contributed by atoms with Gasteiger partial charge in [-0.15, -0.1) is 11.3 Å². The van der Waals surface area contributed by atoms with Gasteiger partial charge in [0.15, 0.2) is 0 Å². The third kappa shape index (κ3) is 2.23. The monoisotopic (exact) mass is 284 g/mol. The maximum absolute atomic E-state index is 11.9. The first-order valence-electron chi connectivity index (χ1n) is 6.07. The summed E-state index contributed by atoms with van der Waals surface area (Å²) in [6, 6.07) is 13.5. The lowest BCUT2D eigenvalue weighted by molar-refractivity contribution is 0.0601. The van der Waals surface area contributed by atoms with Crippen LogP contribution in [0.4, 0.5) is 0 Å². The van der Waals surface area contributed by atoms with Crippen LogP contribution in [-0.4, -0.2) is 22.9 Å². The first kappa shape index (κ1) is 12.6. The lowest BCUT2D eigenvalue weighted by Gasteiger charge is -1.98. The molecule has 0 bridgehead atoms. The number of methoxy groups -OCH3 is 1. The Morgan fingerprint density at radius 3 is 2.65 bits per heavy atom. The van der Waals surface area contributed by atoms with Gasteiger partial charge in [0.05, 0.1) is 17.7 Å². The highest BCUT2D eigenvalue weighted by Gasteiger charge is 2.19. The second-order valence-electron chi connectivity index (χ2n) is 4.14. The topological polar surface area (TPSA) is 44.1 Å².